The number of aromatic nitrogens is 6. The Hall–Kier alpha value is -13.7. The summed E-state index contributed by atoms with van der Waals surface area (Å²) >= 11 is 19.1. The highest BCUT2D eigenvalue weighted by molar-refractivity contribution is 6.21. The number of benzene rings is 9. The predicted molar refractivity (Wildman–Crippen MR) is 450 cm³/mol. The first kappa shape index (κ1) is 74.4. The number of nitrogen functional groups attached to an aromatic ring is 3. The third-order valence-electron chi connectivity index (χ3n) is 21.1. The van der Waals surface area contributed by atoms with E-state index in [-0.39, 0.29) is 76.1 Å². The Labute approximate surface area is 665 Å². The van der Waals surface area contributed by atoms with Gasteiger partial charge in [-0.15, -0.1) is 34.8 Å². The quantitative estimate of drug-likeness (QED) is 0.0400. The predicted octanol–water partition coefficient (Wildman–Crippen LogP) is 16.4. The Morgan fingerprint density at radius 2 is 0.877 bits per heavy atom. The van der Waals surface area contributed by atoms with E-state index in [0.29, 0.717) is 139 Å². The number of carbonyl (C=O) groups excluding carboxylic acids is 6. The Bertz CT molecular complexity index is 5850. The SMILES string of the molecule is Cc1cccc2c(O)cc3c(c12)[C@H](CCl)CN3C(=O)c1cc2cc(NC(=O)c3ccc(N)cc3)cnc2[nH]1.Cc1cccc2c(O)cc3c(c12)[C@H](CCl)CN3C(=O)c1cc2cc(NC(=O)c3ccc(N)cc3)ncc2[nH]1.Cc1cccc2c(O)cc3c(c12)[C@H](CCl)CN3C(=O)c1cn2cc(NC(=O)c3ccc(N)cc3)ccc2n1. The number of carbonyl (C=O) groups is 6. The molecule has 9 aromatic carbocycles. The monoisotopic (exact) mass is 1580 g/mol. The van der Waals surface area contributed by atoms with Crippen molar-refractivity contribution >= 4 is 181 Å². The van der Waals surface area contributed by atoms with Gasteiger partial charge in [0.2, 0.25) is 0 Å². The van der Waals surface area contributed by atoms with Crippen LogP contribution in [0.5, 0.6) is 17.2 Å². The van der Waals surface area contributed by atoms with E-state index in [1.54, 1.807) is 165 Å². The number of phenols is 3. The van der Waals surface area contributed by atoms with E-state index in [2.05, 4.69) is 40.9 Å². The van der Waals surface area contributed by atoms with Crippen LogP contribution < -0.4 is 47.9 Å². The number of pyridine rings is 3. The molecule has 0 radical (unpaired) electrons. The molecule has 6 aromatic heterocycles. The van der Waals surface area contributed by atoms with Gasteiger partial charge in [-0.3, -0.25) is 28.8 Å². The summed E-state index contributed by atoms with van der Waals surface area (Å²) in [5.74, 6) is -0.128. The second-order valence-electron chi connectivity index (χ2n) is 28.5. The van der Waals surface area contributed by atoms with Crippen molar-refractivity contribution in [3.63, 3.8) is 0 Å². The van der Waals surface area contributed by atoms with Gasteiger partial charge >= 0.3 is 0 Å². The molecule has 3 aliphatic rings. The topological polar surface area (TPSA) is 362 Å². The number of nitrogens with two attached hydrogens (primary N) is 3. The second-order valence-corrected chi connectivity index (χ2v) is 29.4. The largest absolute Gasteiger partial charge is 0.507 e. The molecule has 14 N–H and O–H groups in total. The standard InChI is InChI=1S/3C29H24ClN5O3/c1-15-3-2-4-21-24(36)11-23-26(25(15)21)18(12-30)14-35(23)29(38)22-10-17-9-20(13-32-27(17)34-22)33-28(37)16-5-7-19(31)8-6-16;1-15-3-2-4-20-24(36)11-23-27(26(15)20)18(12-30)14-35(23)29(38)21-9-17-10-25(32-13-22(17)33-21)34-28(37)16-5-7-19(31)8-6-16;1-16-3-2-4-21-24(36)11-23-27(26(16)21)18(12-30)13-35(23)29(38)22-15-34-14-20(9-10-25(34)33-22)32-28(37)17-5-7-19(31)8-6-17/h2-11,13,18,36H,12,14,31H2,1H3,(H,32,34)(H,33,37);2-11,13,18,33,36H,12,14,31H2,1H3,(H,32,34,37);2-11,14-15,18,36H,12-13,31H2,1H3,(H,32,37)/t3*18-/m111/s1. The number of hydrogen-bond donors (Lipinski definition) is 11. The van der Waals surface area contributed by atoms with Gasteiger partial charge in [-0.2, -0.15) is 0 Å². The first-order chi connectivity index (χ1) is 55.0. The van der Waals surface area contributed by atoms with Crippen molar-refractivity contribution in [2.24, 2.45) is 0 Å². The fourth-order valence-electron chi connectivity index (χ4n) is 15.6. The minimum atomic E-state index is -0.313. The molecule has 0 fully saturated rings. The molecule has 9 heterocycles. The van der Waals surface area contributed by atoms with Crippen LogP contribution in [-0.2, 0) is 0 Å². The van der Waals surface area contributed by atoms with Crippen LogP contribution in [0.15, 0.2) is 207 Å². The molecule has 0 bridgehead atoms. The van der Waals surface area contributed by atoms with Gasteiger partial charge in [-0.1, -0.05) is 54.6 Å². The van der Waals surface area contributed by atoms with Crippen molar-refractivity contribution in [1.29, 1.82) is 0 Å². The van der Waals surface area contributed by atoms with Crippen molar-refractivity contribution in [2.45, 2.75) is 38.5 Å². The first-order valence-corrected chi connectivity index (χ1v) is 38.0. The Morgan fingerprint density at radius 3 is 1.33 bits per heavy atom. The number of aromatic hydroxyl groups is 3. The number of hydrogen-bond acceptors (Lipinski definition) is 15. The molecule has 0 saturated carbocycles. The van der Waals surface area contributed by atoms with Crippen LogP contribution in [0.4, 0.5) is 51.3 Å². The molecule has 0 unspecified atom stereocenters. The van der Waals surface area contributed by atoms with Crippen LogP contribution >= 0.6 is 34.8 Å². The van der Waals surface area contributed by atoms with Crippen LogP contribution in [0.1, 0.15) is 114 Å². The number of anilines is 9. The Morgan fingerprint density at radius 1 is 0.456 bits per heavy atom. The minimum absolute atomic E-state index is 0.0685. The molecule has 0 saturated heterocycles. The van der Waals surface area contributed by atoms with Gasteiger partial charge in [0.1, 0.15) is 51.4 Å². The highest BCUT2D eigenvalue weighted by Gasteiger charge is 2.40. The van der Waals surface area contributed by atoms with E-state index in [1.807, 2.05) is 75.4 Å². The van der Waals surface area contributed by atoms with E-state index in [4.69, 9.17) is 52.0 Å². The van der Waals surface area contributed by atoms with Crippen molar-refractivity contribution in [1.82, 2.24) is 29.3 Å². The molecule has 0 spiro atoms. The zero-order chi connectivity index (χ0) is 79.7. The lowest BCUT2D eigenvalue weighted by molar-refractivity contribution is 0.0976. The number of amides is 6. The maximum absolute atomic E-state index is 13.7. The van der Waals surface area contributed by atoms with Crippen LogP contribution in [0.25, 0.3) is 59.9 Å². The fourth-order valence-corrected chi connectivity index (χ4v) is 16.3. The molecule has 6 amide bonds. The summed E-state index contributed by atoms with van der Waals surface area (Å²) < 4.78 is 1.70. The number of H-pyrrole nitrogens is 2. The number of nitrogens with one attached hydrogen (secondary N) is 5. The number of rotatable bonds is 12. The normalized spacial score (nSPS) is 14.7. The van der Waals surface area contributed by atoms with Gasteiger partial charge in [0.05, 0.1) is 46.3 Å². The van der Waals surface area contributed by atoms with Crippen molar-refractivity contribution < 1.29 is 44.1 Å². The molecule has 0 aliphatic carbocycles. The summed E-state index contributed by atoms with van der Waals surface area (Å²) in [4.78, 5) is 103. The number of aromatic amines is 2. The zero-order valence-electron chi connectivity index (χ0n) is 61.4. The summed E-state index contributed by atoms with van der Waals surface area (Å²) in [7, 11) is 0. The Kier molecular flexibility index (Phi) is 19.7. The molecule has 3 aliphatic heterocycles. The Balaban J connectivity index is 0.000000129. The maximum Gasteiger partial charge on any atom is 0.278 e. The van der Waals surface area contributed by atoms with Crippen molar-refractivity contribution in [2.75, 3.05) is 85.1 Å². The van der Waals surface area contributed by atoms with Crippen LogP contribution in [-0.4, -0.2) is 117 Å². The molecular weight excluding hydrogens is 1510 g/mol. The second kappa shape index (κ2) is 30.2. The molecule has 15 aromatic rings. The van der Waals surface area contributed by atoms with Gasteiger partial charge in [-0.05, 0) is 180 Å². The third-order valence-corrected chi connectivity index (χ3v) is 22.2. The fraction of sp³-hybridized carbons (Fsp3) is 0.138. The van der Waals surface area contributed by atoms with E-state index in [9.17, 15) is 44.1 Å². The van der Waals surface area contributed by atoms with Crippen LogP contribution in [0, 0.1) is 20.8 Å². The summed E-state index contributed by atoms with van der Waals surface area (Å²) in [5.41, 5.74) is 31.9. The van der Waals surface area contributed by atoms with Gasteiger partial charge in [0, 0.05) is 146 Å². The average Bonchev–Trinajstić information content (AvgIpc) is 1.53. The number of alkyl halides is 3. The highest BCUT2D eigenvalue weighted by atomic mass is 35.5. The van der Waals surface area contributed by atoms with Gasteiger partial charge in [0.25, 0.3) is 35.4 Å². The summed E-state index contributed by atoms with van der Waals surface area (Å²) in [6.45, 7) is 7.17. The summed E-state index contributed by atoms with van der Waals surface area (Å²) in [6.07, 6.45) is 6.45. The maximum atomic E-state index is 13.7. The minimum Gasteiger partial charge on any atom is -0.507 e. The number of nitrogens with zero attached hydrogens (tertiary/aromatic N) is 7. The number of phenolic OH excluding ortho intramolecular Hbond substituents is 3. The summed E-state index contributed by atoms with van der Waals surface area (Å²) in [5, 5.41) is 47.2. The van der Waals surface area contributed by atoms with E-state index in [0.717, 1.165) is 71.1 Å². The number of halogens is 3. The van der Waals surface area contributed by atoms with Gasteiger partial charge < -0.3 is 77.5 Å². The average molecular weight is 1580 g/mol. The molecule has 570 valence electrons. The van der Waals surface area contributed by atoms with Crippen LogP contribution in [0.2, 0.25) is 0 Å². The molecule has 3 atom stereocenters. The number of aryl methyl sites for hydroxylation is 3. The molecule has 27 heteroatoms. The van der Waals surface area contributed by atoms with Gasteiger partial charge in [-0.25, -0.2) is 15.0 Å². The molecule has 18 rings (SSSR count). The van der Waals surface area contributed by atoms with E-state index < -0.39 is 0 Å². The lowest BCUT2D eigenvalue weighted by atomic mass is 9.92. The highest BCUT2D eigenvalue weighted by Crippen LogP contribution is 2.50. The molecule has 114 heavy (non-hydrogen) atoms. The third kappa shape index (κ3) is 13.8. The van der Waals surface area contributed by atoms with E-state index in [1.165, 1.54) is 6.20 Å². The zero-order valence-corrected chi connectivity index (χ0v) is 63.7. The lowest BCUT2D eigenvalue weighted by Crippen LogP contribution is -2.30. The molecule has 24 nitrogen and oxygen atoms in total. The van der Waals surface area contributed by atoms with Crippen molar-refractivity contribution in [3.05, 3.63) is 274 Å². The van der Waals surface area contributed by atoms with Gasteiger partial charge in [0.15, 0.2) is 0 Å². The lowest BCUT2D eigenvalue weighted by Gasteiger charge is -2.18. The van der Waals surface area contributed by atoms with Crippen molar-refractivity contribution in [3.8, 4) is 17.2 Å². The number of imidazole rings is 1. The summed E-state index contributed by atoms with van der Waals surface area (Å²) in [6, 6.07) is 52.5. The first-order valence-electron chi connectivity index (χ1n) is 36.4. The van der Waals surface area contributed by atoms with Crippen LogP contribution in [0.3, 0.4) is 0 Å². The van der Waals surface area contributed by atoms with E-state index >= 15 is 0 Å². The smallest absolute Gasteiger partial charge is 0.278 e. The molecular formula is C87H72Cl3N15O9. The number of fused-ring (bicyclic) bond motifs is 12.